The predicted molar refractivity (Wildman–Crippen MR) is 246 cm³/mol. The Morgan fingerprint density at radius 3 is 1.45 bits per heavy atom. The van der Waals surface area contributed by atoms with Crippen LogP contribution in [0.25, 0.3) is 55.0 Å². The SMILES string of the molecule is CC(C)(C)c1ccc2c(c1)c1cc(C(C)(C)C)ccc1n2-c1cc2c3c(c1)-n1c4ccc(C(C)(C)C)cc4c4cc(C(C)(C)C)cc(c41)B3c1ccccc1[Se]2. The third-order valence-corrected chi connectivity index (χ3v) is 15.2. The summed E-state index contributed by atoms with van der Waals surface area (Å²) in [7, 11) is 0. The van der Waals surface area contributed by atoms with Gasteiger partial charge in [0.05, 0.1) is 0 Å². The summed E-state index contributed by atoms with van der Waals surface area (Å²) in [6.07, 6.45) is 0. The molecule has 0 atom stereocenters. The number of rotatable bonds is 1. The number of aromatic nitrogens is 2. The van der Waals surface area contributed by atoms with Crippen LogP contribution >= 0.6 is 0 Å². The van der Waals surface area contributed by atoms with E-state index in [1.54, 1.807) is 0 Å². The van der Waals surface area contributed by atoms with E-state index in [9.17, 15) is 0 Å². The molecule has 0 saturated heterocycles. The van der Waals surface area contributed by atoms with Crippen molar-refractivity contribution in [1.82, 2.24) is 9.13 Å². The molecule has 2 aromatic heterocycles. The average Bonchev–Trinajstić information content (AvgIpc) is 3.64. The van der Waals surface area contributed by atoms with Gasteiger partial charge in [0.15, 0.2) is 0 Å². The quantitative estimate of drug-likeness (QED) is 0.147. The summed E-state index contributed by atoms with van der Waals surface area (Å²) in [5.74, 6) is 0. The van der Waals surface area contributed by atoms with Crippen LogP contribution in [-0.4, -0.2) is 30.8 Å². The van der Waals surface area contributed by atoms with Crippen molar-refractivity contribution in [3.8, 4) is 11.4 Å². The van der Waals surface area contributed by atoms with E-state index in [1.807, 2.05) is 0 Å². The Bertz CT molecular complexity index is 2910. The molecule has 6 aromatic carbocycles. The minimum absolute atomic E-state index is 0.0160. The van der Waals surface area contributed by atoms with Gasteiger partial charge < -0.3 is 0 Å². The van der Waals surface area contributed by atoms with Crippen molar-refractivity contribution in [2.75, 3.05) is 0 Å². The molecule has 0 unspecified atom stereocenters. The van der Waals surface area contributed by atoms with Gasteiger partial charge in [0.2, 0.25) is 0 Å². The van der Waals surface area contributed by atoms with Gasteiger partial charge in [-0.05, 0) is 0 Å². The average molecular weight is 796 g/mol. The molecule has 0 fully saturated rings. The molecule has 0 amide bonds. The van der Waals surface area contributed by atoms with E-state index in [0.717, 1.165) is 0 Å². The van der Waals surface area contributed by atoms with Crippen molar-refractivity contribution >= 4 is 90.6 Å². The Hall–Kier alpha value is -4.50. The zero-order chi connectivity index (χ0) is 39.4. The molecule has 0 bridgehead atoms. The van der Waals surface area contributed by atoms with E-state index >= 15 is 0 Å². The first-order chi connectivity index (χ1) is 26.3. The second-order valence-corrected chi connectivity index (χ2v) is 23.1. The third-order valence-electron chi connectivity index (χ3n) is 12.8. The van der Waals surface area contributed by atoms with Gasteiger partial charge in [0.1, 0.15) is 0 Å². The maximum atomic E-state index is 2.66. The summed E-state index contributed by atoms with van der Waals surface area (Å²) in [6, 6.07) is 41.3. The van der Waals surface area contributed by atoms with Crippen LogP contribution in [0, 0.1) is 0 Å². The summed E-state index contributed by atoms with van der Waals surface area (Å²) < 4.78 is 8.23. The first-order valence-corrected chi connectivity index (χ1v) is 22.2. The van der Waals surface area contributed by atoms with Gasteiger partial charge in [0.25, 0.3) is 0 Å². The first-order valence-electron chi connectivity index (χ1n) is 20.5. The summed E-state index contributed by atoms with van der Waals surface area (Å²) in [5, 5.41) is 5.41. The van der Waals surface area contributed by atoms with Crippen LogP contribution < -0.4 is 25.3 Å². The van der Waals surface area contributed by atoms with Crippen molar-refractivity contribution < 1.29 is 0 Å². The van der Waals surface area contributed by atoms with Crippen LogP contribution in [0.1, 0.15) is 105 Å². The van der Waals surface area contributed by atoms with E-state index in [-0.39, 0.29) is 43.3 Å². The molecular formula is C52H53BN2Se. The molecule has 2 aliphatic rings. The molecule has 0 aliphatic carbocycles. The van der Waals surface area contributed by atoms with Crippen LogP contribution in [0.5, 0.6) is 0 Å². The van der Waals surface area contributed by atoms with E-state index < -0.39 is 0 Å². The van der Waals surface area contributed by atoms with Crippen LogP contribution in [-0.2, 0) is 21.7 Å². The first kappa shape index (κ1) is 35.9. The standard InChI is InChI=1S/C52H53BN2Se/c1-49(2,3)30-17-20-41-35(23-30)36-24-31(50(4,5)6)18-21-42(36)54(41)34-28-44-47-46(29-34)56-45-16-14-13-15-39(45)53(47)40-27-33(52(10,11)12)26-38-37-25-32(51(7,8)9)19-22-43(37)55(44)48(38)40/h13-29H,1-12H3. The molecule has 0 saturated carbocycles. The van der Waals surface area contributed by atoms with Crippen LogP contribution in [0.4, 0.5) is 0 Å². The molecule has 2 aliphatic heterocycles. The topological polar surface area (TPSA) is 9.86 Å². The fourth-order valence-electron chi connectivity index (χ4n) is 9.48. The van der Waals surface area contributed by atoms with Crippen molar-refractivity contribution in [2.24, 2.45) is 0 Å². The van der Waals surface area contributed by atoms with Gasteiger partial charge in [-0.15, -0.1) is 0 Å². The predicted octanol–water partition coefficient (Wildman–Crippen LogP) is 9.87. The number of nitrogens with zero attached hydrogens (tertiary/aromatic N) is 2. The van der Waals surface area contributed by atoms with E-state index in [2.05, 4.69) is 195 Å². The van der Waals surface area contributed by atoms with Gasteiger partial charge >= 0.3 is 341 Å². The fourth-order valence-corrected chi connectivity index (χ4v) is 12.0. The van der Waals surface area contributed by atoms with Gasteiger partial charge in [-0.2, -0.15) is 0 Å². The Labute approximate surface area is 339 Å². The van der Waals surface area contributed by atoms with Gasteiger partial charge in [-0.3, -0.25) is 0 Å². The Morgan fingerprint density at radius 2 is 0.911 bits per heavy atom. The molecule has 10 rings (SSSR count). The zero-order valence-corrected chi connectivity index (χ0v) is 36.9. The fraction of sp³-hybridized carbons (Fsp3) is 0.308. The second kappa shape index (κ2) is 11.6. The summed E-state index contributed by atoms with van der Waals surface area (Å²) >= 11 is 0.158. The number of fused-ring (bicyclic) bond motifs is 10. The van der Waals surface area contributed by atoms with Crippen molar-refractivity contribution in [2.45, 2.75) is 105 Å². The minimum atomic E-state index is 0.0160. The molecular weight excluding hydrogens is 742 g/mol. The monoisotopic (exact) mass is 796 g/mol. The normalized spacial score (nSPS) is 14.3. The molecule has 0 radical (unpaired) electrons. The summed E-state index contributed by atoms with van der Waals surface area (Å²) in [5.41, 5.74) is 17.9. The molecule has 56 heavy (non-hydrogen) atoms. The number of hydrogen-bond acceptors (Lipinski definition) is 0. The molecule has 0 N–H and O–H groups in total. The van der Waals surface area contributed by atoms with E-state index in [4.69, 9.17) is 0 Å². The van der Waals surface area contributed by atoms with Crippen molar-refractivity contribution in [3.05, 3.63) is 125 Å². The molecule has 4 heteroatoms. The Balaban J connectivity index is 1.35. The zero-order valence-electron chi connectivity index (χ0n) is 35.2. The van der Waals surface area contributed by atoms with Crippen LogP contribution in [0.2, 0.25) is 0 Å². The van der Waals surface area contributed by atoms with Crippen molar-refractivity contribution in [3.63, 3.8) is 0 Å². The van der Waals surface area contributed by atoms with Gasteiger partial charge in [0, 0.05) is 0 Å². The third kappa shape index (κ3) is 5.21. The van der Waals surface area contributed by atoms with Gasteiger partial charge in [-0.1, -0.05) is 0 Å². The van der Waals surface area contributed by atoms with Crippen LogP contribution in [0.3, 0.4) is 0 Å². The number of benzene rings is 6. The van der Waals surface area contributed by atoms with Crippen LogP contribution in [0.15, 0.2) is 103 Å². The molecule has 0 spiro atoms. The second-order valence-electron chi connectivity index (χ2n) is 20.8. The Morgan fingerprint density at radius 1 is 0.429 bits per heavy atom. The van der Waals surface area contributed by atoms with Gasteiger partial charge in [-0.25, -0.2) is 0 Å². The summed E-state index contributed by atoms with van der Waals surface area (Å²) in [6.45, 7) is 28.3. The van der Waals surface area contributed by atoms with E-state index in [0.29, 0.717) is 0 Å². The molecule has 8 aromatic rings. The van der Waals surface area contributed by atoms with E-state index in [1.165, 1.54) is 103 Å². The molecule has 4 heterocycles. The number of hydrogen-bond donors (Lipinski definition) is 0. The maximum absolute atomic E-state index is 2.66. The Kier molecular flexibility index (Phi) is 7.40. The molecule has 2 nitrogen and oxygen atoms in total. The van der Waals surface area contributed by atoms with Crippen molar-refractivity contribution in [1.29, 1.82) is 0 Å². The molecule has 280 valence electrons. The summed E-state index contributed by atoms with van der Waals surface area (Å²) in [4.78, 5) is 0.